The molecule has 1 aromatic heterocycles. The predicted molar refractivity (Wildman–Crippen MR) is 43.3 cm³/mol. The first-order valence-electron chi connectivity index (χ1n) is 3.67. The summed E-state index contributed by atoms with van der Waals surface area (Å²) >= 11 is 0. The van der Waals surface area contributed by atoms with Crippen molar-refractivity contribution in [2.24, 2.45) is 0 Å². The normalized spacial score (nSPS) is 12.1. The van der Waals surface area contributed by atoms with Crippen molar-refractivity contribution in [1.82, 2.24) is 10.2 Å². The summed E-state index contributed by atoms with van der Waals surface area (Å²) in [4.78, 5) is 0. The Labute approximate surface area is 66.4 Å². The standard InChI is InChI=1S/C8H14N2O/c1-5-7(8(3,4)11)6(2)10-9-5/h11H,1-4H3,(H,9,10). The molecule has 0 unspecified atom stereocenters. The van der Waals surface area contributed by atoms with E-state index in [1.54, 1.807) is 13.8 Å². The molecule has 0 amide bonds. The zero-order chi connectivity index (χ0) is 8.65. The number of rotatable bonds is 1. The van der Waals surface area contributed by atoms with Crippen LogP contribution in [-0.2, 0) is 5.60 Å². The molecule has 2 N–H and O–H groups in total. The van der Waals surface area contributed by atoms with Crippen LogP contribution in [0, 0.1) is 13.8 Å². The molecule has 0 aliphatic carbocycles. The Morgan fingerprint density at radius 2 is 1.91 bits per heavy atom. The van der Waals surface area contributed by atoms with E-state index in [9.17, 15) is 5.11 Å². The van der Waals surface area contributed by atoms with E-state index in [1.165, 1.54) is 0 Å². The molecule has 0 saturated heterocycles. The number of H-pyrrole nitrogens is 1. The summed E-state index contributed by atoms with van der Waals surface area (Å²) in [6.45, 7) is 7.32. The molecule has 11 heavy (non-hydrogen) atoms. The number of hydrogen-bond donors (Lipinski definition) is 2. The quantitative estimate of drug-likeness (QED) is 0.639. The van der Waals surface area contributed by atoms with Gasteiger partial charge >= 0.3 is 0 Å². The van der Waals surface area contributed by atoms with Crippen LogP contribution < -0.4 is 0 Å². The van der Waals surface area contributed by atoms with Crippen molar-refractivity contribution in [3.63, 3.8) is 0 Å². The summed E-state index contributed by atoms with van der Waals surface area (Å²) in [6, 6.07) is 0. The smallest absolute Gasteiger partial charge is 0.0876 e. The molecule has 0 atom stereocenters. The molecule has 0 spiro atoms. The Morgan fingerprint density at radius 3 is 2.09 bits per heavy atom. The van der Waals surface area contributed by atoms with Gasteiger partial charge < -0.3 is 5.11 Å². The van der Waals surface area contributed by atoms with Crippen LogP contribution in [0.15, 0.2) is 0 Å². The fraction of sp³-hybridized carbons (Fsp3) is 0.625. The van der Waals surface area contributed by atoms with E-state index >= 15 is 0 Å². The number of hydrogen-bond acceptors (Lipinski definition) is 2. The van der Waals surface area contributed by atoms with Gasteiger partial charge in [-0.2, -0.15) is 5.10 Å². The molecule has 0 radical (unpaired) electrons. The first-order chi connectivity index (χ1) is 4.93. The summed E-state index contributed by atoms with van der Waals surface area (Å²) in [7, 11) is 0. The first kappa shape index (κ1) is 8.27. The van der Waals surface area contributed by atoms with Crippen molar-refractivity contribution in [3.05, 3.63) is 17.0 Å². The zero-order valence-electron chi connectivity index (χ0n) is 7.39. The summed E-state index contributed by atoms with van der Waals surface area (Å²) in [5.41, 5.74) is 1.92. The maximum atomic E-state index is 9.68. The average molecular weight is 154 g/mol. The number of aromatic nitrogens is 2. The highest BCUT2D eigenvalue weighted by atomic mass is 16.3. The van der Waals surface area contributed by atoms with Crippen LogP contribution in [0.5, 0.6) is 0 Å². The molecule has 1 heterocycles. The van der Waals surface area contributed by atoms with Crippen LogP contribution in [0.2, 0.25) is 0 Å². The fourth-order valence-electron chi connectivity index (χ4n) is 1.45. The largest absolute Gasteiger partial charge is 0.386 e. The molecular weight excluding hydrogens is 140 g/mol. The monoisotopic (exact) mass is 154 g/mol. The van der Waals surface area contributed by atoms with Crippen LogP contribution in [-0.4, -0.2) is 15.3 Å². The third-order valence-corrected chi connectivity index (χ3v) is 1.74. The van der Waals surface area contributed by atoms with Crippen LogP contribution >= 0.6 is 0 Å². The van der Waals surface area contributed by atoms with Gasteiger partial charge in [0.2, 0.25) is 0 Å². The maximum absolute atomic E-state index is 9.68. The van der Waals surface area contributed by atoms with Gasteiger partial charge in [0.15, 0.2) is 0 Å². The summed E-state index contributed by atoms with van der Waals surface area (Å²) in [5.74, 6) is 0. The Hall–Kier alpha value is -0.830. The van der Waals surface area contributed by atoms with Crippen LogP contribution in [0.4, 0.5) is 0 Å². The maximum Gasteiger partial charge on any atom is 0.0876 e. The number of nitrogens with zero attached hydrogens (tertiary/aromatic N) is 1. The third-order valence-electron chi connectivity index (χ3n) is 1.74. The molecule has 0 aliphatic heterocycles. The topological polar surface area (TPSA) is 48.9 Å². The molecule has 3 nitrogen and oxygen atoms in total. The van der Waals surface area contributed by atoms with Gasteiger partial charge in [-0.05, 0) is 27.7 Å². The van der Waals surface area contributed by atoms with Crippen molar-refractivity contribution in [1.29, 1.82) is 0 Å². The van der Waals surface area contributed by atoms with Crippen LogP contribution in [0.1, 0.15) is 30.8 Å². The molecule has 0 saturated carbocycles. The molecule has 1 aromatic rings. The minimum atomic E-state index is -0.791. The van der Waals surface area contributed by atoms with Gasteiger partial charge in [0.1, 0.15) is 0 Å². The van der Waals surface area contributed by atoms with E-state index in [2.05, 4.69) is 10.2 Å². The molecule has 0 aromatic carbocycles. The van der Waals surface area contributed by atoms with E-state index in [0.717, 1.165) is 17.0 Å². The van der Waals surface area contributed by atoms with E-state index in [4.69, 9.17) is 0 Å². The highest BCUT2D eigenvalue weighted by Crippen LogP contribution is 2.24. The number of aliphatic hydroxyl groups is 1. The Bertz CT molecular complexity index is 238. The van der Waals surface area contributed by atoms with E-state index in [0.29, 0.717) is 0 Å². The van der Waals surface area contributed by atoms with Crippen molar-refractivity contribution in [3.8, 4) is 0 Å². The van der Waals surface area contributed by atoms with E-state index < -0.39 is 5.60 Å². The molecular formula is C8H14N2O. The first-order valence-corrected chi connectivity index (χ1v) is 3.67. The predicted octanol–water partition coefficient (Wildman–Crippen LogP) is 1.25. The van der Waals surface area contributed by atoms with Gasteiger partial charge in [-0.15, -0.1) is 0 Å². The van der Waals surface area contributed by atoms with Gasteiger partial charge in [-0.1, -0.05) is 0 Å². The summed E-state index contributed by atoms with van der Waals surface area (Å²) in [6.07, 6.45) is 0. The highest BCUT2D eigenvalue weighted by Gasteiger charge is 2.22. The van der Waals surface area contributed by atoms with E-state index in [1.807, 2.05) is 13.8 Å². The average Bonchev–Trinajstić information content (AvgIpc) is 2.08. The number of nitrogens with one attached hydrogen (secondary N) is 1. The van der Waals surface area contributed by atoms with Gasteiger partial charge in [0.25, 0.3) is 0 Å². The van der Waals surface area contributed by atoms with Gasteiger partial charge in [0.05, 0.1) is 11.3 Å². The summed E-state index contributed by atoms with van der Waals surface area (Å²) < 4.78 is 0. The number of aryl methyl sites for hydroxylation is 2. The van der Waals surface area contributed by atoms with Crippen molar-refractivity contribution in [2.75, 3.05) is 0 Å². The molecule has 0 bridgehead atoms. The molecule has 0 aliphatic rings. The molecule has 62 valence electrons. The zero-order valence-corrected chi connectivity index (χ0v) is 7.39. The van der Waals surface area contributed by atoms with Crippen molar-refractivity contribution >= 4 is 0 Å². The van der Waals surface area contributed by atoms with Crippen molar-refractivity contribution in [2.45, 2.75) is 33.3 Å². The second-order valence-corrected chi connectivity index (χ2v) is 3.37. The highest BCUT2D eigenvalue weighted by molar-refractivity contribution is 5.28. The fourth-order valence-corrected chi connectivity index (χ4v) is 1.45. The van der Waals surface area contributed by atoms with Crippen LogP contribution in [0.3, 0.4) is 0 Å². The van der Waals surface area contributed by atoms with Crippen LogP contribution in [0.25, 0.3) is 0 Å². The second kappa shape index (κ2) is 2.34. The molecule has 1 rings (SSSR count). The third kappa shape index (κ3) is 1.43. The minimum Gasteiger partial charge on any atom is -0.386 e. The lowest BCUT2D eigenvalue weighted by atomic mass is 9.97. The second-order valence-electron chi connectivity index (χ2n) is 3.37. The van der Waals surface area contributed by atoms with E-state index in [-0.39, 0.29) is 0 Å². The number of aromatic amines is 1. The van der Waals surface area contributed by atoms with Gasteiger partial charge in [-0.3, -0.25) is 5.10 Å². The molecule has 3 heteroatoms. The van der Waals surface area contributed by atoms with Crippen molar-refractivity contribution < 1.29 is 5.11 Å². The SMILES string of the molecule is Cc1n[nH]c(C)c1C(C)(C)O. The Morgan fingerprint density at radius 1 is 1.36 bits per heavy atom. The minimum absolute atomic E-state index is 0.791. The lowest BCUT2D eigenvalue weighted by Gasteiger charge is -2.17. The van der Waals surface area contributed by atoms with Gasteiger partial charge in [-0.25, -0.2) is 0 Å². The Kier molecular flexibility index (Phi) is 1.76. The lowest BCUT2D eigenvalue weighted by molar-refractivity contribution is 0.0773. The molecule has 0 fully saturated rings. The summed E-state index contributed by atoms with van der Waals surface area (Å²) in [5, 5.41) is 16.5. The Balaban J connectivity index is 3.21. The lowest BCUT2D eigenvalue weighted by Crippen LogP contribution is -2.17. The van der Waals surface area contributed by atoms with Gasteiger partial charge in [0, 0.05) is 11.3 Å².